The second-order valence-electron chi connectivity index (χ2n) is 10.8. The highest BCUT2D eigenvalue weighted by atomic mass is 16.5. The molecule has 11 nitrogen and oxygen atoms in total. The number of ether oxygens (including phenoxy) is 2. The van der Waals surface area contributed by atoms with Gasteiger partial charge in [0.15, 0.2) is 5.82 Å². The third-order valence-electron chi connectivity index (χ3n) is 8.03. The van der Waals surface area contributed by atoms with Crippen molar-refractivity contribution >= 4 is 33.6 Å². The van der Waals surface area contributed by atoms with Gasteiger partial charge in [0.25, 0.3) is 0 Å². The summed E-state index contributed by atoms with van der Waals surface area (Å²) in [5.41, 5.74) is 11.2. The molecule has 2 aliphatic heterocycles. The van der Waals surface area contributed by atoms with Crippen molar-refractivity contribution in [2.24, 2.45) is 12.8 Å². The van der Waals surface area contributed by atoms with E-state index in [0.717, 1.165) is 59.7 Å². The van der Waals surface area contributed by atoms with Crippen LogP contribution in [-0.4, -0.2) is 65.7 Å². The largest absolute Gasteiger partial charge is 0.461 e. The van der Waals surface area contributed by atoms with Crippen molar-refractivity contribution in [3.63, 3.8) is 0 Å². The molecule has 11 heteroatoms. The zero-order valence-electron chi connectivity index (χ0n) is 22.5. The first-order valence-electron chi connectivity index (χ1n) is 13.5. The molecule has 3 aromatic heterocycles. The van der Waals surface area contributed by atoms with E-state index in [4.69, 9.17) is 15.2 Å². The quantitative estimate of drug-likeness (QED) is 0.313. The fourth-order valence-electron chi connectivity index (χ4n) is 6.05. The van der Waals surface area contributed by atoms with Crippen LogP contribution in [-0.2, 0) is 7.05 Å². The molecular weight excluding hydrogens is 506 g/mol. The van der Waals surface area contributed by atoms with Crippen molar-refractivity contribution in [3.8, 4) is 17.5 Å². The summed E-state index contributed by atoms with van der Waals surface area (Å²) in [7, 11) is 1.97. The summed E-state index contributed by atoms with van der Waals surface area (Å²) in [6.07, 6.45) is 8.16. The molecule has 3 N–H and O–H groups in total. The molecule has 0 saturated carbocycles. The molecule has 2 aromatic carbocycles. The first-order valence-corrected chi connectivity index (χ1v) is 13.5. The normalized spacial score (nSPS) is 20.7. The Morgan fingerprint density at radius 1 is 1.10 bits per heavy atom. The van der Waals surface area contributed by atoms with Crippen LogP contribution in [0.1, 0.15) is 24.8 Å². The molecule has 2 fully saturated rings. The number of nitrogens with one attached hydrogen (secondary N) is 1. The van der Waals surface area contributed by atoms with Crippen LogP contribution in [0.3, 0.4) is 0 Å². The number of hydrogen-bond donors (Lipinski definition) is 2. The Labute approximate surface area is 231 Å². The average molecular weight is 538 g/mol. The number of hydrogen-bond acceptors (Lipinski definition) is 10. The predicted octanol–water partition coefficient (Wildman–Crippen LogP) is 4.10. The highest BCUT2D eigenvalue weighted by Crippen LogP contribution is 2.38. The highest BCUT2D eigenvalue weighted by Gasteiger charge is 2.48. The number of nitrogens with two attached hydrogens (primary N) is 1. The first kappa shape index (κ1) is 24.7. The van der Waals surface area contributed by atoms with Crippen molar-refractivity contribution in [3.05, 3.63) is 60.8 Å². The minimum absolute atomic E-state index is 0.0172. The van der Waals surface area contributed by atoms with Gasteiger partial charge in [-0.1, -0.05) is 0 Å². The van der Waals surface area contributed by atoms with E-state index in [-0.39, 0.29) is 11.6 Å². The molecule has 0 amide bonds. The maximum atomic E-state index is 6.26. The van der Waals surface area contributed by atoms with E-state index in [1.807, 2.05) is 54.9 Å². The standard InChI is InChI=1S/C29H31N9O2/c1-18-10-20(4-7-25(18)40-21-5-6-24-22(11-21)34-17-37(24)2)35-27-26-23(32-16-33-27)13-31-28(36-26)39-15-29-8-3-9-38(29)14-19(30)12-29/h4-7,10-11,13,16-17,19H,3,8-9,12,14-15,30H2,1-2H3,(H,32,33,35)/t19-,29+/m0/s1. The van der Waals surface area contributed by atoms with E-state index in [1.54, 1.807) is 12.5 Å². The molecule has 0 aliphatic carbocycles. The Morgan fingerprint density at radius 3 is 2.92 bits per heavy atom. The van der Waals surface area contributed by atoms with Crippen molar-refractivity contribution < 1.29 is 9.47 Å². The molecule has 0 spiro atoms. The highest BCUT2D eigenvalue weighted by molar-refractivity contribution is 5.86. The van der Waals surface area contributed by atoms with E-state index in [9.17, 15) is 0 Å². The smallest absolute Gasteiger partial charge is 0.317 e. The Kier molecular flexibility index (Phi) is 5.97. The summed E-state index contributed by atoms with van der Waals surface area (Å²) >= 11 is 0. The van der Waals surface area contributed by atoms with Gasteiger partial charge in [-0.15, -0.1) is 0 Å². The topological polar surface area (TPSA) is 129 Å². The van der Waals surface area contributed by atoms with Crippen molar-refractivity contribution in [2.75, 3.05) is 25.0 Å². The lowest BCUT2D eigenvalue weighted by molar-refractivity contribution is 0.107. The van der Waals surface area contributed by atoms with Gasteiger partial charge in [-0.05, 0) is 68.6 Å². The Balaban J connectivity index is 1.09. The third-order valence-corrected chi connectivity index (χ3v) is 8.03. The van der Waals surface area contributed by atoms with Gasteiger partial charge in [-0.3, -0.25) is 4.90 Å². The van der Waals surface area contributed by atoms with Crippen LogP contribution in [0.5, 0.6) is 17.5 Å². The van der Waals surface area contributed by atoms with E-state index in [0.29, 0.717) is 29.5 Å². The summed E-state index contributed by atoms with van der Waals surface area (Å²) in [5, 5.41) is 3.38. The third kappa shape index (κ3) is 4.46. The predicted molar refractivity (Wildman–Crippen MR) is 152 cm³/mol. The van der Waals surface area contributed by atoms with Crippen LogP contribution in [0.15, 0.2) is 55.2 Å². The minimum atomic E-state index is -0.0172. The summed E-state index contributed by atoms with van der Waals surface area (Å²) in [5.74, 6) is 2.08. The summed E-state index contributed by atoms with van der Waals surface area (Å²) in [6.45, 7) is 4.52. The number of rotatable bonds is 7. The molecule has 5 aromatic rings. The fraction of sp³-hybridized carbons (Fsp3) is 0.345. The number of benzene rings is 2. The van der Waals surface area contributed by atoms with E-state index >= 15 is 0 Å². The molecule has 204 valence electrons. The zero-order valence-corrected chi connectivity index (χ0v) is 22.5. The number of anilines is 2. The van der Waals surface area contributed by atoms with Crippen LogP contribution >= 0.6 is 0 Å². The van der Waals surface area contributed by atoms with Gasteiger partial charge < -0.3 is 25.1 Å². The maximum Gasteiger partial charge on any atom is 0.317 e. The van der Waals surface area contributed by atoms with Crippen molar-refractivity contribution in [1.29, 1.82) is 0 Å². The van der Waals surface area contributed by atoms with E-state index in [1.165, 1.54) is 12.7 Å². The Bertz CT molecular complexity index is 1720. The monoisotopic (exact) mass is 537 g/mol. The molecule has 0 bridgehead atoms. The second-order valence-corrected chi connectivity index (χ2v) is 10.8. The van der Waals surface area contributed by atoms with E-state index in [2.05, 4.69) is 35.1 Å². The summed E-state index contributed by atoms with van der Waals surface area (Å²) in [6, 6.07) is 12.3. The molecule has 2 atom stereocenters. The lowest BCUT2D eigenvalue weighted by Gasteiger charge is -2.31. The summed E-state index contributed by atoms with van der Waals surface area (Å²) < 4.78 is 14.3. The molecular formula is C29H31N9O2. The van der Waals surface area contributed by atoms with Gasteiger partial charge >= 0.3 is 6.01 Å². The molecule has 5 heterocycles. The SMILES string of the molecule is Cc1cc(Nc2ncnc3cnc(OC[C@]45CCCN4C[C@@H](N)C5)nc23)ccc1Oc1ccc2c(c1)ncn2C. The number of nitrogens with zero attached hydrogens (tertiary/aromatic N) is 7. The van der Waals surface area contributed by atoms with Crippen LogP contribution < -0.4 is 20.5 Å². The average Bonchev–Trinajstić information content (AvgIpc) is 3.60. The Morgan fingerprint density at radius 2 is 2.02 bits per heavy atom. The van der Waals surface area contributed by atoms with Gasteiger partial charge in [0.05, 0.1) is 29.1 Å². The molecule has 2 aliphatic rings. The number of imidazole rings is 1. The lowest BCUT2D eigenvalue weighted by Crippen LogP contribution is -2.43. The fourth-order valence-corrected chi connectivity index (χ4v) is 6.05. The molecule has 40 heavy (non-hydrogen) atoms. The van der Waals surface area contributed by atoms with Crippen molar-refractivity contribution in [1.82, 2.24) is 34.4 Å². The Hall–Kier alpha value is -4.35. The summed E-state index contributed by atoms with van der Waals surface area (Å²) in [4.78, 5) is 24.8. The van der Waals surface area contributed by atoms with Crippen molar-refractivity contribution in [2.45, 2.75) is 37.8 Å². The number of aryl methyl sites for hydroxylation is 2. The molecule has 7 rings (SSSR count). The van der Waals surface area contributed by atoms with Gasteiger partial charge in [0.2, 0.25) is 0 Å². The van der Waals surface area contributed by atoms with Gasteiger partial charge in [-0.2, -0.15) is 4.98 Å². The second kappa shape index (κ2) is 9.68. The van der Waals surface area contributed by atoms with Crippen LogP contribution in [0.2, 0.25) is 0 Å². The number of aromatic nitrogens is 6. The zero-order chi connectivity index (χ0) is 27.3. The van der Waals surface area contributed by atoms with Gasteiger partial charge in [-0.25, -0.2) is 19.9 Å². The van der Waals surface area contributed by atoms with E-state index < -0.39 is 0 Å². The van der Waals surface area contributed by atoms with Crippen LogP contribution in [0, 0.1) is 6.92 Å². The van der Waals surface area contributed by atoms with Crippen LogP contribution in [0.4, 0.5) is 11.5 Å². The number of fused-ring (bicyclic) bond motifs is 3. The van der Waals surface area contributed by atoms with Gasteiger partial charge in [0, 0.05) is 31.4 Å². The minimum Gasteiger partial charge on any atom is -0.461 e. The first-order chi connectivity index (χ1) is 19.5. The van der Waals surface area contributed by atoms with Crippen LogP contribution in [0.25, 0.3) is 22.1 Å². The molecule has 2 saturated heterocycles. The molecule has 0 unspecified atom stereocenters. The van der Waals surface area contributed by atoms with Gasteiger partial charge in [0.1, 0.15) is 35.5 Å². The lowest BCUT2D eigenvalue weighted by atomic mass is 9.94. The molecule has 0 radical (unpaired) electrons. The maximum absolute atomic E-state index is 6.26.